The van der Waals surface area contributed by atoms with Crippen LogP contribution in [0.1, 0.15) is 30.5 Å². The van der Waals surface area contributed by atoms with Gasteiger partial charge in [0.1, 0.15) is 0 Å². The molecule has 0 fully saturated rings. The molecule has 2 aromatic rings. The molecule has 0 saturated carbocycles. The Morgan fingerprint density at radius 2 is 2.21 bits per heavy atom. The first kappa shape index (κ1) is 14.5. The minimum atomic E-state index is 0.0780. The number of hydrogen-bond donors (Lipinski definition) is 1. The number of aromatic nitrogens is 1. The average Bonchev–Trinajstić information content (AvgIpc) is 2.42. The second-order valence-electron chi connectivity index (χ2n) is 4.34. The first-order valence-electron chi connectivity index (χ1n) is 6.30. The van der Waals surface area contributed by atoms with Crippen molar-refractivity contribution in [2.75, 3.05) is 6.54 Å². The lowest BCUT2D eigenvalue weighted by molar-refractivity contribution is 0.597. The molecule has 0 spiro atoms. The number of nitrogens with one attached hydrogen (secondary N) is 1. The topological polar surface area (TPSA) is 24.9 Å². The summed E-state index contributed by atoms with van der Waals surface area (Å²) in [4.78, 5) is 4.19. The van der Waals surface area contributed by atoms with Crippen molar-refractivity contribution in [1.29, 1.82) is 0 Å². The molecule has 1 unspecified atom stereocenters. The van der Waals surface area contributed by atoms with Crippen molar-refractivity contribution in [2.45, 2.75) is 19.4 Å². The van der Waals surface area contributed by atoms with Gasteiger partial charge in [-0.05, 0) is 42.3 Å². The van der Waals surface area contributed by atoms with E-state index in [0.717, 1.165) is 33.6 Å². The van der Waals surface area contributed by atoms with Gasteiger partial charge < -0.3 is 5.32 Å². The van der Waals surface area contributed by atoms with Crippen LogP contribution in [0.3, 0.4) is 0 Å². The van der Waals surface area contributed by atoms with E-state index in [1.807, 2.05) is 30.5 Å². The van der Waals surface area contributed by atoms with Crippen LogP contribution in [-0.2, 0) is 0 Å². The van der Waals surface area contributed by atoms with E-state index in [9.17, 15) is 0 Å². The van der Waals surface area contributed by atoms with Crippen molar-refractivity contribution in [1.82, 2.24) is 10.3 Å². The Labute approximate surface area is 127 Å². The molecule has 0 bridgehead atoms. The molecule has 1 aromatic carbocycles. The monoisotopic (exact) mass is 338 g/mol. The van der Waals surface area contributed by atoms with E-state index in [1.165, 1.54) is 0 Å². The molecule has 1 heterocycles. The van der Waals surface area contributed by atoms with Crippen LogP contribution < -0.4 is 5.32 Å². The zero-order valence-electron chi connectivity index (χ0n) is 10.7. The maximum Gasteiger partial charge on any atom is 0.0606 e. The van der Waals surface area contributed by atoms with Gasteiger partial charge in [-0.2, -0.15) is 0 Å². The first-order chi connectivity index (χ1) is 9.22. The van der Waals surface area contributed by atoms with E-state index in [4.69, 9.17) is 11.6 Å². The van der Waals surface area contributed by atoms with Gasteiger partial charge in [0, 0.05) is 21.9 Å². The predicted molar refractivity (Wildman–Crippen MR) is 83.5 cm³/mol. The van der Waals surface area contributed by atoms with Crippen LogP contribution in [-0.4, -0.2) is 11.5 Å². The molecule has 0 aliphatic rings. The average molecular weight is 340 g/mol. The second-order valence-corrected chi connectivity index (χ2v) is 5.66. The van der Waals surface area contributed by atoms with E-state index in [2.05, 4.69) is 39.2 Å². The van der Waals surface area contributed by atoms with Gasteiger partial charge in [0.2, 0.25) is 0 Å². The van der Waals surface area contributed by atoms with Crippen molar-refractivity contribution in [3.8, 4) is 0 Å². The lowest BCUT2D eigenvalue weighted by atomic mass is 10.00. The van der Waals surface area contributed by atoms with E-state index < -0.39 is 0 Å². The maximum absolute atomic E-state index is 6.36. The molecule has 2 nitrogen and oxygen atoms in total. The summed E-state index contributed by atoms with van der Waals surface area (Å²) >= 11 is 9.80. The lowest BCUT2D eigenvalue weighted by Crippen LogP contribution is -2.23. The summed E-state index contributed by atoms with van der Waals surface area (Å²) in [7, 11) is 0. The van der Waals surface area contributed by atoms with Crippen molar-refractivity contribution >= 4 is 27.5 Å². The van der Waals surface area contributed by atoms with Gasteiger partial charge in [0.05, 0.1) is 6.04 Å². The minimum Gasteiger partial charge on any atom is -0.306 e. The molecule has 100 valence electrons. The van der Waals surface area contributed by atoms with Crippen LogP contribution in [0.25, 0.3) is 0 Å². The predicted octanol–water partition coefficient (Wildman–Crippen LogP) is 4.59. The van der Waals surface area contributed by atoms with Gasteiger partial charge in [-0.15, -0.1) is 0 Å². The molecule has 2 rings (SSSR count). The molecule has 0 radical (unpaired) electrons. The molecule has 19 heavy (non-hydrogen) atoms. The van der Waals surface area contributed by atoms with Gasteiger partial charge >= 0.3 is 0 Å². The molecular weight excluding hydrogens is 324 g/mol. The molecule has 0 amide bonds. The molecule has 0 saturated heterocycles. The fraction of sp³-hybridized carbons (Fsp3) is 0.267. The number of hydrogen-bond acceptors (Lipinski definition) is 2. The fourth-order valence-electron chi connectivity index (χ4n) is 1.98. The Morgan fingerprint density at radius 1 is 1.37 bits per heavy atom. The highest BCUT2D eigenvalue weighted by Crippen LogP contribution is 2.30. The smallest absolute Gasteiger partial charge is 0.0606 e. The standard InChI is InChI=1S/C15H16BrClN2/c1-2-7-19-15(11-4-3-8-18-10-11)13-6-5-12(16)9-14(13)17/h3-6,8-10,15,19H,2,7H2,1H3. The third kappa shape index (κ3) is 3.78. The van der Waals surface area contributed by atoms with E-state index >= 15 is 0 Å². The molecule has 1 atom stereocenters. The molecular formula is C15H16BrClN2. The Bertz CT molecular complexity index is 531. The molecule has 4 heteroatoms. The summed E-state index contributed by atoms with van der Waals surface area (Å²) in [5.74, 6) is 0. The normalized spacial score (nSPS) is 12.4. The largest absolute Gasteiger partial charge is 0.306 e. The number of nitrogens with zero attached hydrogens (tertiary/aromatic N) is 1. The summed E-state index contributed by atoms with van der Waals surface area (Å²) < 4.78 is 0.988. The Hall–Kier alpha value is -0.900. The highest BCUT2D eigenvalue weighted by atomic mass is 79.9. The lowest BCUT2D eigenvalue weighted by Gasteiger charge is -2.20. The molecule has 0 aliphatic heterocycles. The van der Waals surface area contributed by atoms with Crippen LogP contribution >= 0.6 is 27.5 Å². The van der Waals surface area contributed by atoms with E-state index in [0.29, 0.717) is 0 Å². The summed E-state index contributed by atoms with van der Waals surface area (Å²) in [6, 6.07) is 10.1. The zero-order chi connectivity index (χ0) is 13.7. The van der Waals surface area contributed by atoms with Crippen LogP contribution in [0.2, 0.25) is 5.02 Å². The van der Waals surface area contributed by atoms with Gasteiger partial charge in [-0.1, -0.05) is 46.6 Å². The van der Waals surface area contributed by atoms with E-state index in [-0.39, 0.29) is 6.04 Å². The second kappa shape index (κ2) is 7.04. The van der Waals surface area contributed by atoms with Crippen molar-refractivity contribution in [2.24, 2.45) is 0 Å². The van der Waals surface area contributed by atoms with E-state index in [1.54, 1.807) is 6.20 Å². The number of pyridine rings is 1. The maximum atomic E-state index is 6.36. The van der Waals surface area contributed by atoms with Crippen molar-refractivity contribution < 1.29 is 0 Å². The third-order valence-corrected chi connectivity index (χ3v) is 3.71. The van der Waals surface area contributed by atoms with Gasteiger partial charge in [0.15, 0.2) is 0 Å². The Morgan fingerprint density at radius 3 is 2.84 bits per heavy atom. The summed E-state index contributed by atoms with van der Waals surface area (Å²) in [5.41, 5.74) is 2.20. The van der Waals surface area contributed by atoms with Gasteiger partial charge in [0.25, 0.3) is 0 Å². The molecule has 1 aromatic heterocycles. The van der Waals surface area contributed by atoms with Gasteiger partial charge in [-0.3, -0.25) is 4.98 Å². The van der Waals surface area contributed by atoms with Crippen LogP contribution in [0.15, 0.2) is 47.2 Å². The highest BCUT2D eigenvalue weighted by Gasteiger charge is 2.16. The van der Waals surface area contributed by atoms with Gasteiger partial charge in [-0.25, -0.2) is 0 Å². The van der Waals surface area contributed by atoms with Crippen molar-refractivity contribution in [3.05, 3.63) is 63.3 Å². The minimum absolute atomic E-state index is 0.0780. The molecule has 1 N–H and O–H groups in total. The Kier molecular flexibility index (Phi) is 5.37. The third-order valence-electron chi connectivity index (χ3n) is 2.89. The quantitative estimate of drug-likeness (QED) is 0.862. The Balaban J connectivity index is 2.37. The summed E-state index contributed by atoms with van der Waals surface area (Å²) in [6.45, 7) is 3.09. The summed E-state index contributed by atoms with van der Waals surface area (Å²) in [5, 5.41) is 4.28. The van der Waals surface area contributed by atoms with Crippen LogP contribution in [0, 0.1) is 0 Å². The van der Waals surface area contributed by atoms with Crippen molar-refractivity contribution in [3.63, 3.8) is 0 Å². The zero-order valence-corrected chi connectivity index (χ0v) is 13.1. The first-order valence-corrected chi connectivity index (χ1v) is 7.47. The number of benzene rings is 1. The molecule has 0 aliphatic carbocycles. The fourth-order valence-corrected chi connectivity index (χ4v) is 2.76. The SMILES string of the molecule is CCCNC(c1cccnc1)c1ccc(Br)cc1Cl. The number of rotatable bonds is 5. The van der Waals surface area contributed by atoms with Crippen LogP contribution in [0.4, 0.5) is 0 Å². The number of halogens is 2. The highest BCUT2D eigenvalue weighted by molar-refractivity contribution is 9.10. The van der Waals surface area contributed by atoms with Crippen LogP contribution in [0.5, 0.6) is 0 Å². The summed E-state index contributed by atoms with van der Waals surface area (Å²) in [6.07, 6.45) is 4.74.